The molecule has 8 nitrogen and oxygen atoms in total. The van der Waals surface area contributed by atoms with Gasteiger partial charge in [0.1, 0.15) is 0 Å². The van der Waals surface area contributed by atoms with E-state index in [9.17, 15) is 19.2 Å². The molecular formula is C32H42N4O4. The van der Waals surface area contributed by atoms with E-state index in [0.717, 1.165) is 64.2 Å². The minimum atomic E-state index is -0.653. The lowest BCUT2D eigenvalue weighted by molar-refractivity contribution is -0.128. The van der Waals surface area contributed by atoms with Crippen LogP contribution in [0.4, 0.5) is 0 Å². The number of rotatable bonds is 11. The van der Waals surface area contributed by atoms with Crippen LogP contribution in [0.2, 0.25) is 0 Å². The Morgan fingerprint density at radius 2 is 1.00 bits per heavy atom. The first-order chi connectivity index (χ1) is 19.5. The predicted octanol–water partition coefficient (Wildman–Crippen LogP) is 3.98. The molecule has 0 bridgehead atoms. The van der Waals surface area contributed by atoms with Crippen molar-refractivity contribution in [3.05, 3.63) is 71.8 Å². The van der Waals surface area contributed by atoms with Gasteiger partial charge in [0.05, 0.1) is 12.1 Å². The van der Waals surface area contributed by atoms with Crippen LogP contribution in [0.25, 0.3) is 0 Å². The van der Waals surface area contributed by atoms with Gasteiger partial charge in [-0.2, -0.15) is 0 Å². The number of hydrogen-bond acceptors (Lipinski definition) is 4. The smallest absolute Gasteiger partial charge is 0.251 e. The Kier molecular flexibility index (Phi) is 11.1. The quantitative estimate of drug-likeness (QED) is 0.341. The molecule has 0 saturated heterocycles. The summed E-state index contributed by atoms with van der Waals surface area (Å²) in [5, 5.41) is 12.2. The number of carbonyl (C=O) groups excluding carboxylic acids is 4. The molecule has 2 aliphatic carbocycles. The average molecular weight is 547 g/mol. The van der Waals surface area contributed by atoms with Crippen LogP contribution < -0.4 is 21.3 Å². The molecule has 214 valence electrons. The molecular weight excluding hydrogens is 504 g/mol. The Hall–Kier alpha value is -3.68. The molecule has 0 heterocycles. The van der Waals surface area contributed by atoms with Gasteiger partial charge in [-0.25, -0.2) is 0 Å². The molecule has 2 aromatic carbocycles. The number of benzene rings is 2. The molecule has 2 aromatic rings. The van der Waals surface area contributed by atoms with Gasteiger partial charge in [-0.1, -0.05) is 74.9 Å². The molecule has 0 radical (unpaired) electrons. The summed E-state index contributed by atoms with van der Waals surface area (Å²) in [6.07, 6.45) is 9.80. The van der Waals surface area contributed by atoms with E-state index in [4.69, 9.17) is 0 Å². The number of nitrogens with one attached hydrogen (secondary N) is 4. The largest absolute Gasteiger partial charge is 0.354 e. The van der Waals surface area contributed by atoms with Gasteiger partial charge < -0.3 is 21.3 Å². The maximum atomic E-state index is 13.4. The molecule has 0 spiro atoms. The molecule has 0 aliphatic heterocycles. The van der Waals surface area contributed by atoms with E-state index in [1.165, 1.54) is 0 Å². The minimum Gasteiger partial charge on any atom is -0.354 e. The summed E-state index contributed by atoms with van der Waals surface area (Å²) in [5.74, 6) is -0.783. The van der Waals surface area contributed by atoms with Crippen LogP contribution in [-0.4, -0.2) is 48.8 Å². The zero-order valence-electron chi connectivity index (χ0n) is 23.2. The van der Waals surface area contributed by atoms with Gasteiger partial charge in [-0.3, -0.25) is 19.2 Å². The molecule has 2 aliphatic rings. The number of amides is 4. The molecule has 40 heavy (non-hydrogen) atoms. The fraction of sp³-hybridized carbons (Fsp3) is 0.500. The molecule has 2 atom stereocenters. The normalized spacial score (nSPS) is 17.7. The molecule has 0 aromatic heterocycles. The third kappa shape index (κ3) is 8.66. The summed E-state index contributed by atoms with van der Waals surface area (Å²) in [4.78, 5) is 52.5. The SMILES string of the molecule is O=C(NCC(NC(=O)c1ccccc1)C(CNC(=O)C1CCCCC1)NC(=O)C1CCCCC1)c1ccccc1. The Balaban J connectivity index is 1.52. The second kappa shape index (κ2) is 15.2. The zero-order valence-corrected chi connectivity index (χ0v) is 23.2. The summed E-state index contributed by atoms with van der Waals surface area (Å²) in [6.45, 7) is 0.246. The summed E-state index contributed by atoms with van der Waals surface area (Å²) < 4.78 is 0. The van der Waals surface area contributed by atoms with Gasteiger partial charge in [-0.15, -0.1) is 0 Å². The van der Waals surface area contributed by atoms with Crippen LogP contribution in [0.1, 0.15) is 84.9 Å². The fourth-order valence-corrected chi connectivity index (χ4v) is 5.71. The lowest BCUT2D eigenvalue weighted by Gasteiger charge is -2.32. The highest BCUT2D eigenvalue weighted by Gasteiger charge is 2.31. The topological polar surface area (TPSA) is 116 Å². The van der Waals surface area contributed by atoms with Crippen LogP contribution >= 0.6 is 0 Å². The molecule has 2 fully saturated rings. The highest BCUT2D eigenvalue weighted by atomic mass is 16.2. The molecule has 4 rings (SSSR count). The van der Waals surface area contributed by atoms with E-state index in [1.807, 2.05) is 12.1 Å². The zero-order chi connectivity index (χ0) is 28.2. The van der Waals surface area contributed by atoms with Gasteiger partial charge in [-0.05, 0) is 49.9 Å². The van der Waals surface area contributed by atoms with Gasteiger partial charge in [0.15, 0.2) is 0 Å². The van der Waals surface area contributed by atoms with E-state index in [2.05, 4.69) is 21.3 Å². The lowest BCUT2D eigenvalue weighted by Crippen LogP contribution is -2.61. The van der Waals surface area contributed by atoms with E-state index in [1.54, 1.807) is 48.5 Å². The molecule has 8 heteroatoms. The first-order valence-electron chi connectivity index (χ1n) is 14.8. The van der Waals surface area contributed by atoms with Crippen molar-refractivity contribution in [2.75, 3.05) is 13.1 Å². The molecule has 4 amide bonds. The third-order valence-electron chi connectivity index (χ3n) is 8.13. The second-order valence-corrected chi connectivity index (χ2v) is 11.1. The fourth-order valence-electron chi connectivity index (χ4n) is 5.71. The van der Waals surface area contributed by atoms with Crippen molar-refractivity contribution in [2.45, 2.75) is 76.3 Å². The highest BCUT2D eigenvalue weighted by Crippen LogP contribution is 2.25. The van der Waals surface area contributed by atoms with Gasteiger partial charge >= 0.3 is 0 Å². The molecule has 2 saturated carbocycles. The van der Waals surface area contributed by atoms with E-state index < -0.39 is 12.1 Å². The Bertz CT molecular complexity index is 1110. The van der Waals surface area contributed by atoms with E-state index in [-0.39, 0.29) is 48.6 Å². The van der Waals surface area contributed by atoms with Crippen molar-refractivity contribution in [3.8, 4) is 0 Å². The van der Waals surface area contributed by atoms with Crippen molar-refractivity contribution >= 4 is 23.6 Å². The highest BCUT2D eigenvalue weighted by molar-refractivity contribution is 5.95. The Morgan fingerprint density at radius 1 is 0.550 bits per heavy atom. The minimum absolute atomic E-state index is 0.0157. The second-order valence-electron chi connectivity index (χ2n) is 11.1. The summed E-state index contributed by atoms with van der Waals surface area (Å²) in [5.41, 5.74) is 0.981. The first-order valence-corrected chi connectivity index (χ1v) is 14.8. The summed E-state index contributed by atoms with van der Waals surface area (Å²) in [7, 11) is 0. The molecule has 4 N–H and O–H groups in total. The number of carbonyl (C=O) groups is 4. The van der Waals surface area contributed by atoms with Crippen LogP contribution in [0, 0.1) is 11.8 Å². The van der Waals surface area contributed by atoms with Crippen molar-refractivity contribution in [2.24, 2.45) is 11.8 Å². The van der Waals surface area contributed by atoms with Crippen molar-refractivity contribution < 1.29 is 19.2 Å². The van der Waals surface area contributed by atoms with Crippen LogP contribution in [0.15, 0.2) is 60.7 Å². The Morgan fingerprint density at radius 3 is 1.55 bits per heavy atom. The van der Waals surface area contributed by atoms with E-state index in [0.29, 0.717) is 11.1 Å². The summed E-state index contributed by atoms with van der Waals surface area (Å²) in [6, 6.07) is 16.4. The Labute approximate surface area is 237 Å². The lowest BCUT2D eigenvalue weighted by atomic mass is 9.88. The average Bonchev–Trinajstić information content (AvgIpc) is 3.02. The molecule has 2 unspecified atom stereocenters. The third-order valence-corrected chi connectivity index (χ3v) is 8.13. The monoisotopic (exact) mass is 546 g/mol. The van der Waals surface area contributed by atoms with Crippen LogP contribution in [0.5, 0.6) is 0 Å². The first kappa shape index (κ1) is 29.3. The van der Waals surface area contributed by atoms with Crippen LogP contribution in [-0.2, 0) is 9.59 Å². The van der Waals surface area contributed by atoms with Crippen molar-refractivity contribution in [3.63, 3.8) is 0 Å². The van der Waals surface area contributed by atoms with E-state index >= 15 is 0 Å². The maximum Gasteiger partial charge on any atom is 0.251 e. The summed E-state index contributed by atoms with van der Waals surface area (Å²) >= 11 is 0. The maximum absolute atomic E-state index is 13.4. The standard InChI is InChI=1S/C32H42N4O4/c37-29(23-13-5-1-6-14-23)33-21-27(35-31(39)25-17-9-3-10-18-25)28(36-32(40)26-19-11-4-12-20-26)22-34-30(38)24-15-7-2-8-16-24/h1,3,5-6,9-10,13-14,17-18,24,26-28H,2,4,7-8,11-12,15-16,19-22H2,(H,33,37)(H,34,38)(H,35,39)(H,36,40). The van der Waals surface area contributed by atoms with Crippen molar-refractivity contribution in [1.82, 2.24) is 21.3 Å². The number of hydrogen-bond donors (Lipinski definition) is 4. The van der Waals surface area contributed by atoms with Crippen LogP contribution in [0.3, 0.4) is 0 Å². The van der Waals surface area contributed by atoms with Crippen molar-refractivity contribution in [1.29, 1.82) is 0 Å². The van der Waals surface area contributed by atoms with Gasteiger partial charge in [0.25, 0.3) is 11.8 Å². The van der Waals surface area contributed by atoms with Gasteiger partial charge in [0.2, 0.25) is 11.8 Å². The predicted molar refractivity (Wildman–Crippen MR) is 155 cm³/mol. The van der Waals surface area contributed by atoms with Gasteiger partial charge in [0, 0.05) is 36.1 Å².